The maximum Gasteiger partial charge on any atom is 0.0931 e. The molecule has 0 amide bonds. The van der Waals surface area contributed by atoms with Gasteiger partial charge >= 0.3 is 0 Å². The van der Waals surface area contributed by atoms with Crippen molar-refractivity contribution in [2.24, 2.45) is 0 Å². The predicted octanol–water partition coefficient (Wildman–Crippen LogP) is 1.82. The number of hydrogen-bond donors (Lipinski definition) is 1. The van der Waals surface area contributed by atoms with Crippen LogP contribution in [0.3, 0.4) is 0 Å². The van der Waals surface area contributed by atoms with Gasteiger partial charge < -0.3 is 10.1 Å². The van der Waals surface area contributed by atoms with E-state index in [0.29, 0.717) is 6.10 Å². The summed E-state index contributed by atoms with van der Waals surface area (Å²) in [4.78, 5) is 3.75. The molecule has 0 bridgehead atoms. The Balaban J connectivity index is 1.85. The van der Waals surface area contributed by atoms with Gasteiger partial charge in [-0.1, -0.05) is 11.6 Å². The predicted molar refractivity (Wildman–Crippen MR) is 68.3 cm³/mol. The number of ether oxygens (including phenoxy) is 1. The van der Waals surface area contributed by atoms with E-state index in [1.54, 1.807) is 11.3 Å². The van der Waals surface area contributed by atoms with Gasteiger partial charge in [0.25, 0.3) is 0 Å². The third kappa shape index (κ3) is 3.43. The van der Waals surface area contributed by atoms with Gasteiger partial charge in [-0.3, -0.25) is 4.90 Å². The van der Waals surface area contributed by atoms with Crippen molar-refractivity contribution in [1.82, 2.24) is 10.2 Å². The molecule has 1 N–H and O–H groups in total. The lowest BCUT2D eigenvalue weighted by Gasteiger charge is -2.32. The van der Waals surface area contributed by atoms with Crippen molar-refractivity contribution in [1.29, 1.82) is 0 Å². The zero-order chi connectivity index (χ0) is 11.4. The fourth-order valence-electron chi connectivity index (χ4n) is 1.93. The second-order valence-electron chi connectivity index (χ2n) is 3.99. The van der Waals surface area contributed by atoms with E-state index in [1.165, 1.54) is 4.88 Å². The molecule has 0 saturated carbocycles. The van der Waals surface area contributed by atoms with E-state index in [-0.39, 0.29) is 0 Å². The van der Waals surface area contributed by atoms with Crippen LogP contribution in [0, 0.1) is 0 Å². The number of hydrogen-bond acceptors (Lipinski definition) is 4. The van der Waals surface area contributed by atoms with E-state index >= 15 is 0 Å². The van der Waals surface area contributed by atoms with Crippen LogP contribution in [0.5, 0.6) is 0 Å². The van der Waals surface area contributed by atoms with Crippen LogP contribution < -0.4 is 5.32 Å². The molecule has 1 aromatic heterocycles. The summed E-state index contributed by atoms with van der Waals surface area (Å²) >= 11 is 7.59. The molecule has 0 radical (unpaired) electrons. The Labute approximate surface area is 105 Å². The van der Waals surface area contributed by atoms with Crippen LogP contribution in [0.25, 0.3) is 0 Å². The first-order valence-corrected chi connectivity index (χ1v) is 6.70. The second-order valence-corrected chi connectivity index (χ2v) is 5.79. The number of morpholine rings is 1. The summed E-state index contributed by atoms with van der Waals surface area (Å²) in [6.45, 7) is 4.74. The summed E-state index contributed by atoms with van der Waals surface area (Å²) in [6.07, 6.45) is 0.314. The molecule has 2 heterocycles. The first-order valence-electron chi connectivity index (χ1n) is 5.50. The molecule has 1 saturated heterocycles. The number of rotatable bonds is 4. The van der Waals surface area contributed by atoms with Crippen molar-refractivity contribution in [3.63, 3.8) is 0 Å². The lowest BCUT2D eigenvalue weighted by atomic mass is 10.2. The molecule has 3 nitrogen and oxygen atoms in total. The van der Waals surface area contributed by atoms with Gasteiger partial charge in [-0.25, -0.2) is 0 Å². The van der Waals surface area contributed by atoms with Crippen LogP contribution >= 0.6 is 22.9 Å². The average molecular weight is 261 g/mol. The first kappa shape index (κ1) is 12.3. The molecule has 5 heteroatoms. The zero-order valence-electron chi connectivity index (χ0n) is 9.41. The van der Waals surface area contributed by atoms with E-state index in [1.807, 2.05) is 13.1 Å². The summed E-state index contributed by atoms with van der Waals surface area (Å²) in [6, 6.07) is 4.07. The molecular formula is C11H17ClN2OS. The molecule has 2 rings (SSSR count). The van der Waals surface area contributed by atoms with E-state index in [0.717, 1.165) is 37.1 Å². The van der Waals surface area contributed by atoms with E-state index in [2.05, 4.69) is 16.3 Å². The molecule has 1 fully saturated rings. The molecule has 1 aliphatic rings. The quantitative estimate of drug-likeness (QED) is 0.894. The van der Waals surface area contributed by atoms with Crippen LogP contribution in [0.2, 0.25) is 4.34 Å². The van der Waals surface area contributed by atoms with Crippen molar-refractivity contribution in [2.75, 3.05) is 33.3 Å². The van der Waals surface area contributed by atoms with Crippen LogP contribution in [0.4, 0.5) is 0 Å². The van der Waals surface area contributed by atoms with Crippen molar-refractivity contribution >= 4 is 22.9 Å². The van der Waals surface area contributed by atoms with Gasteiger partial charge in [0.2, 0.25) is 0 Å². The Hall–Kier alpha value is -0.130. The molecule has 0 aliphatic carbocycles. The Morgan fingerprint density at radius 3 is 3.19 bits per heavy atom. The fraction of sp³-hybridized carbons (Fsp3) is 0.636. The minimum absolute atomic E-state index is 0.314. The highest BCUT2D eigenvalue weighted by Gasteiger charge is 2.20. The van der Waals surface area contributed by atoms with Gasteiger partial charge in [0.1, 0.15) is 0 Å². The molecule has 1 aliphatic heterocycles. The topological polar surface area (TPSA) is 24.5 Å². The van der Waals surface area contributed by atoms with E-state index < -0.39 is 0 Å². The molecule has 0 spiro atoms. The minimum atomic E-state index is 0.314. The van der Waals surface area contributed by atoms with Crippen molar-refractivity contribution in [3.8, 4) is 0 Å². The highest BCUT2D eigenvalue weighted by molar-refractivity contribution is 7.16. The smallest absolute Gasteiger partial charge is 0.0931 e. The van der Waals surface area contributed by atoms with Crippen LogP contribution in [0.15, 0.2) is 12.1 Å². The Morgan fingerprint density at radius 1 is 1.62 bits per heavy atom. The number of nitrogens with one attached hydrogen (secondary N) is 1. The minimum Gasteiger partial charge on any atom is -0.374 e. The fourth-order valence-corrected chi connectivity index (χ4v) is 3.06. The molecular weight excluding hydrogens is 244 g/mol. The van der Waals surface area contributed by atoms with Crippen LogP contribution in [-0.2, 0) is 11.3 Å². The summed E-state index contributed by atoms with van der Waals surface area (Å²) in [5.41, 5.74) is 0. The summed E-state index contributed by atoms with van der Waals surface area (Å²) in [7, 11) is 1.96. The molecule has 90 valence electrons. The highest BCUT2D eigenvalue weighted by atomic mass is 35.5. The molecule has 1 unspecified atom stereocenters. The first-order chi connectivity index (χ1) is 7.78. The van der Waals surface area contributed by atoms with Gasteiger partial charge in [0.05, 0.1) is 17.0 Å². The maximum atomic E-state index is 5.92. The summed E-state index contributed by atoms with van der Waals surface area (Å²) in [5, 5.41) is 3.16. The molecule has 16 heavy (non-hydrogen) atoms. The zero-order valence-corrected chi connectivity index (χ0v) is 11.0. The second kappa shape index (κ2) is 5.98. The maximum absolute atomic E-state index is 5.92. The Bertz CT molecular complexity index is 330. The summed E-state index contributed by atoms with van der Waals surface area (Å²) < 4.78 is 6.54. The standard InChI is InChI=1S/C11H17ClN2OS/c1-13-6-9-7-14(4-5-15-9)8-10-2-3-11(12)16-10/h2-3,9,13H,4-8H2,1H3. The van der Waals surface area contributed by atoms with Crippen LogP contribution in [-0.4, -0.2) is 44.3 Å². The van der Waals surface area contributed by atoms with Gasteiger partial charge in [-0.2, -0.15) is 0 Å². The third-order valence-corrected chi connectivity index (χ3v) is 3.88. The molecule has 1 aromatic rings. The normalized spacial score (nSPS) is 22.5. The van der Waals surface area contributed by atoms with Gasteiger partial charge in [0, 0.05) is 31.1 Å². The van der Waals surface area contributed by atoms with Gasteiger partial charge in [-0.15, -0.1) is 11.3 Å². The van der Waals surface area contributed by atoms with Crippen LogP contribution in [0.1, 0.15) is 4.88 Å². The largest absolute Gasteiger partial charge is 0.374 e. The summed E-state index contributed by atoms with van der Waals surface area (Å²) in [5.74, 6) is 0. The number of likely N-dealkylation sites (N-methyl/N-ethyl adjacent to an activating group) is 1. The highest BCUT2D eigenvalue weighted by Crippen LogP contribution is 2.23. The number of halogens is 1. The number of nitrogens with zero attached hydrogens (tertiary/aromatic N) is 1. The monoisotopic (exact) mass is 260 g/mol. The third-order valence-electron chi connectivity index (χ3n) is 2.66. The van der Waals surface area contributed by atoms with E-state index in [9.17, 15) is 0 Å². The van der Waals surface area contributed by atoms with Crippen molar-refractivity contribution in [3.05, 3.63) is 21.3 Å². The van der Waals surface area contributed by atoms with E-state index in [4.69, 9.17) is 16.3 Å². The van der Waals surface area contributed by atoms with Gasteiger partial charge in [-0.05, 0) is 19.2 Å². The SMILES string of the molecule is CNCC1CN(Cc2ccc(Cl)s2)CCO1. The van der Waals surface area contributed by atoms with Crippen molar-refractivity contribution < 1.29 is 4.74 Å². The molecule has 0 aromatic carbocycles. The average Bonchev–Trinajstić information content (AvgIpc) is 2.65. The Kier molecular flexibility index (Phi) is 4.61. The molecule has 1 atom stereocenters. The van der Waals surface area contributed by atoms with Crippen molar-refractivity contribution in [2.45, 2.75) is 12.6 Å². The van der Waals surface area contributed by atoms with Gasteiger partial charge in [0.15, 0.2) is 0 Å². The lowest BCUT2D eigenvalue weighted by Crippen LogP contribution is -2.45. The lowest BCUT2D eigenvalue weighted by molar-refractivity contribution is -0.0288. The Morgan fingerprint density at radius 2 is 2.50 bits per heavy atom. The number of thiophene rings is 1.